The van der Waals surface area contributed by atoms with E-state index in [1.54, 1.807) is 0 Å². The molecule has 16 heavy (non-hydrogen) atoms. The summed E-state index contributed by atoms with van der Waals surface area (Å²) in [7, 11) is 1.24. The summed E-state index contributed by atoms with van der Waals surface area (Å²) in [5, 5.41) is 0. The molecule has 0 heterocycles. The number of hydrogen-bond donors (Lipinski definition) is 0. The number of carbonyl (C=O) groups is 1. The Labute approximate surface area is 100 Å². The van der Waals surface area contributed by atoms with Crippen molar-refractivity contribution in [2.75, 3.05) is 7.11 Å². The molecule has 0 radical (unpaired) electrons. The second kappa shape index (κ2) is 4.56. The number of benzene rings is 1. The first kappa shape index (κ1) is 11.6. The molecule has 0 aliphatic heterocycles. The summed E-state index contributed by atoms with van der Waals surface area (Å²) >= 11 is 0.00185. The average molecular weight is 287 g/mol. The zero-order valence-corrected chi connectivity index (χ0v) is 10.7. The van der Waals surface area contributed by atoms with Gasteiger partial charge in [0, 0.05) is 0 Å². The zero-order valence-electron chi connectivity index (χ0n) is 8.98. The van der Waals surface area contributed by atoms with Gasteiger partial charge in [0.1, 0.15) is 0 Å². The molecule has 2 rings (SSSR count). The summed E-state index contributed by atoms with van der Waals surface area (Å²) in [6, 6.07) is 9.80. The van der Waals surface area contributed by atoms with Gasteiger partial charge in [-0.2, -0.15) is 0 Å². The van der Waals surface area contributed by atoms with E-state index < -0.39 is 16.5 Å². The summed E-state index contributed by atoms with van der Waals surface area (Å²) in [6.45, 7) is 0. The number of methoxy groups -OCH3 is 1. The van der Waals surface area contributed by atoms with E-state index in [0.29, 0.717) is 0 Å². The standard InChI is InChI=1S/C12H13FO2Se/c1-15-11(14)10(13)12(7-8-12)16-9-5-3-2-4-6-9/h2-6,10H,7-8H2,1H3. The Morgan fingerprint density at radius 1 is 1.44 bits per heavy atom. The number of hydrogen-bond acceptors (Lipinski definition) is 2. The molecule has 1 fully saturated rings. The molecule has 1 atom stereocenters. The Morgan fingerprint density at radius 2 is 2.06 bits per heavy atom. The zero-order chi connectivity index (χ0) is 11.6. The number of carbonyl (C=O) groups excluding carboxylic acids is 1. The number of ether oxygens (including phenoxy) is 1. The maximum absolute atomic E-state index is 13.9. The van der Waals surface area contributed by atoms with Crippen LogP contribution in [0.15, 0.2) is 30.3 Å². The molecule has 2 nitrogen and oxygen atoms in total. The third-order valence-corrected chi connectivity index (χ3v) is 5.89. The Kier molecular flexibility index (Phi) is 3.31. The van der Waals surface area contributed by atoms with E-state index in [1.165, 1.54) is 7.11 Å². The van der Waals surface area contributed by atoms with Crippen LogP contribution in [0, 0.1) is 0 Å². The van der Waals surface area contributed by atoms with Gasteiger partial charge in [-0.3, -0.25) is 0 Å². The van der Waals surface area contributed by atoms with E-state index in [1.807, 2.05) is 30.3 Å². The topological polar surface area (TPSA) is 26.3 Å². The van der Waals surface area contributed by atoms with E-state index in [-0.39, 0.29) is 15.0 Å². The van der Waals surface area contributed by atoms with Crippen LogP contribution in [-0.4, -0.2) is 34.2 Å². The minimum atomic E-state index is -1.46. The Hall–Kier alpha value is -0.861. The molecule has 0 N–H and O–H groups in total. The van der Waals surface area contributed by atoms with Gasteiger partial charge in [0.25, 0.3) is 0 Å². The quantitative estimate of drug-likeness (QED) is 0.619. The predicted molar refractivity (Wildman–Crippen MR) is 60.7 cm³/mol. The van der Waals surface area contributed by atoms with Crippen LogP contribution in [0.1, 0.15) is 12.8 Å². The van der Waals surface area contributed by atoms with Gasteiger partial charge in [-0.25, -0.2) is 0 Å². The fourth-order valence-corrected chi connectivity index (χ4v) is 4.23. The Balaban J connectivity index is 2.07. The molecule has 0 bridgehead atoms. The fraction of sp³-hybridized carbons (Fsp3) is 0.417. The SMILES string of the molecule is COC(=O)C(F)C1([Se]c2ccccc2)CC1. The summed E-state index contributed by atoms with van der Waals surface area (Å²) in [6.07, 6.45) is 0.119. The van der Waals surface area contributed by atoms with E-state index >= 15 is 0 Å². The third-order valence-electron chi connectivity index (χ3n) is 2.68. The number of esters is 1. The molecule has 0 saturated heterocycles. The second-order valence-corrected chi connectivity index (χ2v) is 6.99. The van der Waals surface area contributed by atoms with E-state index in [4.69, 9.17) is 0 Å². The van der Waals surface area contributed by atoms with Crippen LogP contribution in [0.5, 0.6) is 0 Å². The minimum absolute atomic E-state index is 0.00185. The van der Waals surface area contributed by atoms with Crippen LogP contribution in [0.3, 0.4) is 0 Å². The Morgan fingerprint density at radius 3 is 2.56 bits per heavy atom. The van der Waals surface area contributed by atoms with E-state index in [2.05, 4.69) is 4.74 Å². The normalized spacial score (nSPS) is 18.9. The summed E-state index contributed by atoms with van der Waals surface area (Å²) in [5.41, 5.74) is 0. The molecule has 86 valence electrons. The van der Waals surface area contributed by atoms with Crippen molar-refractivity contribution in [2.24, 2.45) is 0 Å². The van der Waals surface area contributed by atoms with Crippen molar-refractivity contribution in [2.45, 2.75) is 23.3 Å². The Bertz CT molecular complexity index is 376. The molecule has 1 unspecified atom stereocenters. The molecule has 1 aromatic rings. The number of rotatable bonds is 4. The first-order chi connectivity index (χ1) is 7.68. The van der Waals surface area contributed by atoms with Crippen molar-refractivity contribution < 1.29 is 13.9 Å². The van der Waals surface area contributed by atoms with Gasteiger partial charge in [0.05, 0.1) is 0 Å². The van der Waals surface area contributed by atoms with Crippen molar-refractivity contribution in [1.82, 2.24) is 0 Å². The molecule has 4 heteroatoms. The van der Waals surface area contributed by atoms with Gasteiger partial charge in [-0.05, 0) is 0 Å². The number of alkyl halides is 1. The molecular formula is C12H13FO2Se. The maximum atomic E-state index is 13.9. The molecular weight excluding hydrogens is 274 g/mol. The van der Waals surface area contributed by atoms with Crippen molar-refractivity contribution in [3.63, 3.8) is 0 Å². The first-order valence-electron chi connectivity index (χ1n) is 5.14. The van der Waals surface area contributed by atoms with Gasteiger partial charge in [-0.15, -0.1) is 0 Å². The fourth-order valence-electron chi connectivity index (χ4n) is 1.57. The van der Waals surface area contributed by atoms with Crippen LogP contribution >= 0.6 is 0 Å². The molecule has 1 aliphatic rings. The van der Waals surface area contributed by atoms with Crippen molar-refractivity contribution in [3.8, 4) is 0 Å². The summed E-state index contributed by atoms with van der Waals surface area (Å²) < 4.78 is 19.0. The van der Waals surface area contributed by atoms with Crippen LogP contribution < -0.4 is 4.46 Å². The average Bonchev–Trinajstić information content (AvgIpc) is 3.09. The summed E-state index contributed by atoms with van der Waals surface area (Å²) in [4.78, 5) is 11.2. The van der Waals surface area contributed by atoms with Gasteiger partial charge < -0.3 is 0 Å². The van der Waals surface area contributed by atoms with Crippen molar-refractivity contribution in [1.29, 1.82) is 0 Å². The second-order valence-electron chi connectivity index (χ2n) is 3.87. The van der Waals surface area contributed by atoms with Crippen LogP contribution in [0.2, 0.25) is 4.31 Å². The molecule has 0 spiro atoms. The van der Waals surface area contributed by atoms with E-state index in [0.717, 1.165) is 17.3 Å². The molecule has 0 aromatic heterocycles. The molecule has 1 saturated carbocycles. The van der Waals surface area contributed by atoms with Crippen molar-refractivity contribution in [3.05, 3.63) is 30.3 Å². The number of halogens is 1. The van der Waals surface area contributed by atoms with Gasteiger partial charge in [0.2, 0.25) is 0 Å². The molecule has 1 aromatic carbocycles. The predicted octanol–water partition coefficient (Wildman–Crippen LogP) is 1.48. The van der Waals surface area contributed by atoms with Crippen LogP contribution in [0.25, 0.3) is 0 Å². The van der Waals surface area contributed by atoms with Gasteiger partial charge in [-0.1, -0.05) is 0 Å². The van der Waals surface area contributed by atoms with Gasteiger partial charge in [0.15, 0.2) is 0 Å². The molecule has 0 amide bonds. The molecule has 1 aliphatic carbocycles. The van der Waals surface area contributed by atoms with Crippen molar-refractivity contribution >= 4 is 25.4 Å². The first-order valence-corrected chi connectivity index (χ1v) is 6.85. The van der Waals surface area contributed by atoms with Crippen LogP contribution in [-0.2, 0) is 9.53 Å². The monoisotopic (exact) mass is 288 g/mol. The summed E-state index contributed by atoms with van der Waals surface area (Å²) in [5.74, 6) is -0.727. The van der Waals surface area contributed by atoms with Crippen LogP contribution in [0.4, 0.5) is 4.39 Å². The third kappa shape index (κ3) is 2.28. The van der Waals surface area contributed by atoms with Gasteiger partial charge >= 0.3 is 100 Å². The van der Waals surface area contributed by atoms with E-state index in [9.17, 15) is 9.18 Å².